The Labute approximate surface area is 123 Å². The number of benzene rings is 1. The molecule has 0 radical (unpaired) electrons. The van der Waals surface area contributed by atoms with Gasteiger partial charge in [0.1, 0.15) is 0 Å². The fourth-order valence-corrected chi connectivity index (χ4v) is 3.56. The first-order valence-electron chi connectivity index (χ1n) is 5.10. The average Bonchev–Trinajstić information content (AvgIpc) is 2.27. The Bertz CT molecular complexity index is 408. The number of unbranched alkanes of at least 4 members (excludes halogenated alkanes) is 1. The maximum atomic E-state index is 12.0. The molecule has 1 unspecified atom stereocenters. The third-order valence-electron chi connectivity index (χ3n) is 2.15. The Hall–Kier alpha value is 0.480. The molecule has 0 aliphatic rings. The first-order chi connectivity index (χ1) is 7.99. The monoisotopic (exact) mass is 330 g/mol. The zero-order valence-electron chi connectivity index (χ0n) is 9.12. The Kier molecular flexibility index (Phi) is 6.55. The van der Waals surface area contributed by atoms with Crippen LogP contribution in [0.4, 0.5) is 0 Å². The lowest BCUT2D eigenvalue weighted by Crippen LogP contribution is -1.97. The van der Waals surface area contributed by atoms with Crippen LogP contribution in [-0.4, -0.2) is 11.7 Å². The van der Waals surface area contributed by atoms with E-state index in [9.17, 15) is 4.79 Å². The van der Waals surface area contributed by atoms with E-state index in [1.807, 2.05) is 0 Å². The molecule has 0 saturated carbocycles. The molecule has 0 aliphatic heterocycles. The summed E-state index contributed by atoms with van der Waals surface area (Å²) in [5, 5.41) is 0.888. The van der Waals surface area contributed by atoms with Crippen molar-refractivity contribution in [3.63, 3.8) is 0 Å². The molecule has 1 rings (SSSR count). The van der Waals surface area contributed by atoms with Crippen molar-refractivity contribution in [2.24, 2.45) is 0 Å². The molecule has 0 aromatic heterocycles. The molecular formula is C11H11Cl4OP. The molecule has 0 N–H and O–H groups in total. The van der Waals surface area contributed by atoms with Gasteiger partial charge < -0.3 is 0 Å². The molecule has 0 heterocycles. The highest BCUT2D eigenvalue weighted by Crippen LogP contribution is 2.40. The van der Waals surface area contributed by atoms with Crippen LogP contribution in [0.5, 0.6) is 0 Å². The van der Waals surface area contributed by atoms with Gasteiger partial charge in [0, 0.05) is 0 Å². The van der Waals surface area contributed by atoms with E-state index in [2.05, 4.69) is 6.92 Å². The number of carbonyl (C=O) groups is 1. The van der Waals surface area contributed by atoms with Gasteiger partial charge in [0.05, 0.1) is 25.7 Å². The minimum Gasteiger partial charge on any atom is -0.289 e. The van der Waals surface area contributed by atoms with Gasteiger partial charge in [-0.3, -0.25) is 4.79 Å². The third kappa shape index (κ3) is 3.98. The first kappa shape index (κ1) is 15.5. The van der Waals surface area contributed by atoms with Gasteiger partial charge in [-0.2, -0.15) is 0 Å². The van der Waals surface area contributed by atoms with E-state index in [4.69, 9.17) is 46.4 Å². The largest absolute Gasteiger partial charge is 0.289 e. The minimum atomic E-state index is -0.0853. The van der Waals surface area contributed by atoms with E-state index in [1.165, 1.54) is 6.07 Å². The van der Waals surface area contributed by atoms with E-state index in [-0.39, 0.29) is 39.8 Å². The van der Waals surface area contributed by atoms with Crippen LogP contribution < -0.4 is 0 Å². The summed E-state index contributed by atoms with van der Waals surface area (Å²) in [6.07, 6.45) is 2.90. The normalized spacial score (nSPS) is 11.4. The second-order valence-electron chi connectivity index (χ2n) is 3.45. The third-order valence-corrected chi connectivity index (χ3v) is 4.90. The van der Waals surface area contributed by atoms with Gasteiger partial charge in [0.2, 0.25) is 0 Å². The SMILES string of the molecule is CCCCPC(=O)c1c(Cl)c(Cl)cc(Cl)c1Cl. The molecule has 6 heteroatoms. The van der Waals surface area contributed by atoms with E-state index in [0.29, 0.717) is 0 Å². The van der Waals surface area contributed by atoms with Crippen molar-refractivity contribution in [2.75, 3.05) is 6.16 Å². The number of halogens is 4. The smallest absolute Gasteiger partial charge is 0.184 e. The Balaban J connectivity index is 3.00. The lowest BCUT2D eigenvalue weighted by Gasteiger charge is -2.09. The fraction of sp³-hybridized carbons (Fsp3) is 0.364. The predicted octanol–water partition coefficient (Wildman–Crippen LogP) is 5.92. The molecule has 0 fully saturated rings. The first-order valence-corrected chi connectivity index (χ1v) is 7.82. The Morgan fingerprint density at radius 2 is 1.71 bits per heavy atom. The molecule has 0 bridgehead atoms. The van der Waals surface area contributed by atoms with Gasteiger partial charge in [-0.25, -0.2) is 0 Å². The number of hydrogen-bond acceptors (Lipinski definition) is 1. The summed E-state index contributed by atoms with van der Waals surface area (Å²) < 4.78 is 0. The fourth-order valence-electron chi connectivity index (χ4n) is 1.24. The lowest BCUT2D eigenvalue weighted by molar-refractivity contribution is 0.108. The van der Waals surface area contributed by atoms with Crippen molar-refractivity contribution in [1.82, 2.24) is 0 Å². The van der Waals surface area contributed by atoms with Gasteiger partial charge in [-0.15, -0.1) is 0 Å². The van der Waals surface area contributed by atoms with Crippen molar-refractivity contribution in [3.8, 4) is 0 Å². The predicted molar refractivity (Wildman–Crippen MR) is 78.9 cm³/mol. The molecule has 0 amide bonds. The molecule has 94 valence electrons. The van der Waals surface area contributed by atoms with Crippen molar-refractivity contribution < 1.29 is 4.79 Å². The highest BCUT2D eigenvalue weighted by molar-refractivity contribution is 7.58. The average molecular weight is 332 g/mol. The van der Waals surface area contributed by atoms with Crippen LogP contribution in [0.25, 0.3) is 0 Å². The Morgan fingerprint density at radius 1 is 1.18 bits per heavy atom. The number of hydrogen-bond donors (Lipinski definition) is 0. The highest BCUT2D eigenvalue weighted by Gasteiger charge is 2.19. The van der Waals surface area contributed by atoms with Crippen LogP contribution in [-0.2, 0) is 0 Å². The quantitative estimate of drug-likeness (QED) is 0.372. The second-order valence-corrected chi connectivity index (χ2v) is 6.33. The van der Waals surface area contributed by atoms with E-state index >= 15 is 0 Å². The summed E-state index contributed by atoms with van der Waals surface area (Å²) in [4.78, 5) is 12.0. The van der Waals surface area contributed by atoms with Gasteiger partial charge >= 0.3 is 0 Å². The van der Waals surface area contributed by atoms with Crippen LogP contribution in [0.3, 0.4) is 0 Å². The number of carbonyl (C=O) groups excluding carboxylic acids is 1. The van der Waals surface area contributed by atoms with E-state index in [0.717, 1.165) is 19.0 Å². The summed E-state index contributed by atoms with van der Waals surface area (Å²) in [6.45, 7) is 2.07. The van der Waals surface area contributed by atoms with Crippen molar-refractivity contribution in [2.45, 2.75) is 19.8 Å². The summed E-state index contributed by atoms with van der Waals surface area (Å²) in [6, 6.07) is 1.44. The van der Waals surface area contributed by atoms with Crippen molar-refractivity contribution in [3.05, 3.63) is 31.7 Å². The molecule has 0 saturated heterocycles. The van der Waals surface area contributed by atoms with Crippen LogP contribution in [0.2, 0.25) is 20.1 Å². The summed E-state index contributed by atoms with van der Waals surface area (Å²) in [5.74, 6) is 0. The maximum Gasteiger partial charge on any atom is 0.184 e. The van der Waals surface area contributed by atoms with Gasteiger partial charge in [-0.05, 0) is 27.2 Å². The van der Waals surface area contributed by atoms with Crippen LogP contribution in [0.15, 0.2) is 6.07 Å². The molecule has 0 aliphatic carbocycles. The highest BCUT2D eigenvalue weighted by atomic mass is 35.5. The molecule has 1 nitrogen and oxygen atoms in total. The van der Waals surface area contributed by atoms with Gasteiger partial charge in [0.25, 0.3) is 0 Å². The molecule has 1 aromatic carbocycles. The zero-order valence-corrected chi connectivity index (χ0v) is 13.1. The summed E-state index contributed by atoms with van der Waals surface area (Å²) in [5.41, 5.74) is 0.165. The lowest BCUT2D eigenvalue weighted by atomic mass is 10.2. The summed E-state index contributed by atoms with van der Waals surface area (Å²) in [7, 11) is 0.151. The standard InChI is InChI=1S/C11H11Cl4OP/c1-2-3-4-17-11(16)8-9(14)6(12)5-7(13)10(8)15/h5,17H,2-4H2,1H3. The van der Waals surface area contributed by atoms with Gasteiger partial charge in [-0.1, -0.05) is 59.7 Å². The van der Waals surface area contributed by atoms with Crippen LogP contribution in [0, 0.1) is 0 Å². The minimum absolute atomic E-state index is 0.0853. The number of rotatable bonds is 5. The maximum absolute atomic E-state index is 12.0. The van der Waals surface area contributed by atoms with Crippen molar-refractivity contribution in [1.29, 1.82) is 0 Å². The molecule has 1 atom stereocenters. The van der Waals surface area contributed by atoms with E-state index in [1.54, 1.807) is 0 Å². The van der Waals surface area contributed by atoms with Gasteiger partial charge in [0.15, 0.2) is 5.52 Å². The molecule has 17 heavy (non-hydrogen) atoms. The Morgan fingerprint density at radius 3 is 2.18 bits per heavy atom. The molecule has 1 aromatic rings. The van der Waals surface area contributed by atoms with Crippen LogP contribution in [0.1, 0.15) is 30.1 Å². The van der Waals surface area contributed by atoms with Crippen LogP contribution >= 0.6 is 55.0 Å². The zero-order chi connectivity index (χ0) is 13.0. The topological polar surface area (TPSA) is 17.1 Å². The van der Waals surface area contributed by atoms with Crippen molar-refractivity contribution >= 4 is 60.5 Å². The molecule has 0 spiro atoms. The second kappa shape index (κ2) is 7.16. The molecular weight excluding hydrogens is 321 g/mol. The summed E-state index contributed by atoms with van der Waals surface area (Å²) >= 11 is 23.7. The van der Waals surface area contributed by atoms with E-state index < -0.39 is 0 Å².